The van der Waals surface area contributed by atoms with Crippen LogP contribution in [0.25, 0.3) is 0 Å². The van der Waals surface area contributed by atoms with Crippen molar-refractivity contribution in [2.24, 2.45) is 4.99 Å². The summed E-state index contributed by atoms with van der Waals surface area (Å²) in [6, 6.07) is 9.09. The minimum atomic E-state index is 0. The van der Waals surface area contributed by atoms with E-state index in [0.717, 1.165) is 64.9 Å². The smallest absolute Gasteiger partial charge is 0.191 e. The summed E-state index contributed by atoms with van der Waals surface area (Å²) in [6.45, 7) is 18.5. The summed E-state index contributed by atoms with van der Waals surface area (Å²) in [5.41, 5.74) is 2.67. The molecule has 0 amide bonds. The van der Waals surface area contributed by atoms with Crippen molar-refractivity contribution in [2.45, 2.75) is 59.7 Å². The molecule has 1 atom stereocenters. The molecule has 1 aliphatic rings. The first-order valence-corrected chi connectivity index (χ1v) is 11.8. The van der Waals surface area contributed by atoms with Gasteiger partial charge in [0.1, 0.15) is 0 Å². The lowest BCUT2D eigenvalue weighted by Gasteiger charge is -2.27. The van der Waals surface area contributed by atoms with Crippen LogP contribution in [0.5, 0.6) is 0 Å². The van der Waals surface area contributed by atoms with E-state index in [1.54, 1.807) is 0 Å². The second-order valence-electron chi connectivity index (χ2n) is 8.07. The Bertz CT molecular complexity index is 618. The minimum absolute atomic E-state index is 0. The normalized spacial score (nSPS) is 16.1. The molecular formula is C24H44IN5O. The lowest BCUT2D eigenvalue weighted by Crippen LogP contribution is -2.42. The maximum atomic E-state index is 5.48. The van der Waals surface area contributed by atoms with Gasteiger partial charge in [-0.2, -0.15) is 0 Å². The molecular weight excluding hydrogens is 501 g/mol. The Morgan fingerprint density at radius 2 is 1.81 bits per heavy atom. The van der Waals surface area contributed by atoms with E-state index >= 15 is 0 Å². The van der Waals surface area contributed by atoms with Crippen molar-refractivity contribution in [1.82, 2.24) is 20.4 Å². The second-order valence-corrected chi connectivity index (χ2v) is 8.07. The first-order chi connectivity index (χ1) is 14.7. The molecule has 6 nitrogen and oxygen atoms in total. The number of rotatable bonds is 12. The fourth-order valence-corrected chi connectivity index (χ4v) is 3.82. The third-order valence-corrected chi connectivity index (χ3v) is 5.76. The van der Waals surface area contributed by atoms with E-state index < -0.39 is 0 Å². The average molecular weight is 546 g/mol. The maximum absolute atomic E-state index is 5.48. The number of nitrogens with zero attached hydrogens (tertiary/aromatic N) is 3. The Hall–Kier alpha value is -0.900. The molecule has 0 spiro atoms. The van der Waals surface area contributed by atoms with Gasteiger partial charge >= 0.3 is 0 Å². The van der Waals surface area contributed by atoms with Crippen LogP contribution < -0.4 is 10.6 Å². The fourth-order valence-electron chi connectivity index (χ4n) is 3.82. The van der Waals surface area contributed by atoms with Gasteiger partial charge in [0.05, 0.1) is 19.8 Å². The van der Waals surface area contributed by atoms with Crippen molar-refractivity contribution in [3.63, 3.8) is 0 Å². The van der Waals surface area contributed by atoms with Gasteiger partial charge in [-0.3, -0.25) is 4.90 Å². The summed E-state index contributed by atoms with van der Waals surface area (Å²) in [5, 5.41) is 7.00. The highest BCUT2D eigenvalue weighted by atomic mass is 127. The molecule has 1 aromatic carbocycles. The number of halogens is 1. The maximum Gasteiger partial charge on any atom is 0.191 e. The molecule has 1 heterocycles. The van der Waals surface area contributed by atoms with Crippen LogP contribution in [0.4, 0.5) is 0 Å². The lowest BCUT2D eigenvalue weighted by atomic mass is 10.1. The van der Waals surface area contributed by atoms with Gasteiger partial charge < -0.3 is 20.3 Å². The minimum Gasteiger partial charge on any atom is -0.379 e. The van der Waals surface area contributed by atoms with E-state index in [1.165, 1.54) is 24.1 Å². The van der Waals surface area contributed by atoms with Gasteiger partial charge in [0, 0.05) is 32.2 Å². The highest BCUT2D eigenvalue weighted by molar-refractivity contribution is 14.0. The molecule has 0 bridgehead atoms. The van der Waals surface area contributed by atoms with E-state index in [9.17, 15) is 0 Å². The van der Waals surface area contributed by atoms with Crippen LogP contribution in [-0.2, 0) is 17.8 Å². The predicted octanol–water partition coefficient (Wildman–Crippen LogP) is 3.70. The molecule has 7 heteroatoms. The molecule has 0 radical (unpaired) electrons. The van der Waals surface area contributed by atoms with Gasteiger partial charge in [-0.1, -0.05) is 38.1 Å². The van der Waals surface area contributed by atoms with Gasteiger partial charge in [-0.25, -0.2) is 4.99 Å². The molecule has 1 aliphatic heterocycles. The van der Waals surface area contributed by atoms with E-state index in [0.29, 0.717) is 12.6 Å². The number of hydrogen-bond donors (Lipinski definition) is 2. The zero-order chi connectivity index (χ0) is 21.6. The number of ether oxygens (including phenoxy) is 1. The number of morpholine rings is 1. The van der Waals surface area contributed by atoms with Gasteiger partial charge in [0.25, 0.3) is 0 Å². The molecule has 1 fully saturated rings. The largest absolute Gasteiger partial charge is 0.379 e. The highest BCUT2D eigenvalue weighted by Crippen LogP contribution is 2.14. The SMILES string of the molecule is CCNC(=NCc1ccccc1CN1CCOCC1)NC(C)CCCN(CC)CC.I. The number of benzene rings is 1. The standard InChI is InChI=1S/C24H43N5O.HI/c1-5-25-24(27-21(4)11-10-14-28(6-2)7-3)26-19-22-12-8-9-13-23(22)20-29-15-17-30-18-16-29;/h8-9,12-13,21H,5-7,10-11,14-20H2,1-4H3,(H2,25,26,27);1H. The topological polar surface area (TPSA) is 52.1 Å². The summed E-state index contributed by atoms with van der Waals surface area (Å²) < 4.78 is 5.48. The predicted molar refractivity (Wildman–Crippen MR) is 142 cm³/mol. The van der Waals surface area contributed by atoms with Crippen LogP contribution in [-0.4, -0.2) is 74.3 Å². The second kappa shape index (κ2) is 16.7. The molecule has 0 aliphatic carbocycles. The summed E-state index contributed by atoms with van der Waals surface area (Å²) >= 11 is 0. The highest BCUT2D eigenvalue weighted by Gasteiger charge is 2.13. The van der Waals surface area contributed by atoms with Crippen LogP contribution in [0.2, 0.25) is 0 Å². The molecule has 1 saturated heterocycles. The van der Waals surface area contributed by atoms with Gasteiger partial charge in [-0.15, -0.1) is 24.0 Å². The van der Waals surface area contributed by atoms with E-state index in [2.05, 4.69) is 72.4 Å². The Balaban J connectivity index is 0.00000480. The summed E-state index contributed by atoms with van der Waals surface area (Å²) in [5.74, 6) is 0.911. The Morgan fingerprint density at radius 3 is 2.45 bits per heavy atom. The molecule has 0 saturated carbocycles. The number of guanidine groups is 1. The number of hydrogen-bond acceptors (Lipinski definition) is 4. The number of nitrogens with one attached hydrogen (secondary N) is 2. The van der Waals surface area contributed by atoms with E-state index in [-0.39, 0.29) is 24.0 Å². The third-order valence-electron chi connectivity index (χ3n) is 5.76. The van der Waals surface area contributed by atoms with Crippen molar-refractivity contribution >= 4 is 29.9 Å². The average Bonchev–Trinajstić information content (AvgIpc) is 2.77. The summed E-state index contributed by atoms with van der Waals surface area (Å²) in [7, 11) is 0. The van der Waals surface area contributed by atoms with Crippen molar-refractivity contribution in [3.8, 4) is 0 Å². The molecule has 1 unspecified atom stereocenters. The Labute approximate surface area is 207 Å². The van der Waals surface area contributed by atoms with Crippen LogP contribution in [0, 0.1) is 0 Å². The lowest BCUT2D eigenvalue weighted by molar-refractivity contribution is 0.0341. The van der Waals surface area contributed by atoms with Gasteiger partial charge in [0.2, 0.25) is 0 Å². The van der Waals surface area contributed by atoms with E-state index in [4.69, 9.17) is 9.73 Å². The summed E-state index contributed by atoms with van der Waals surface area (Å²) in [4.78, 5) is 9.84. The molecule has 2 N–H and O–H groups in total. The zero-order valence-corrected chi connectivity index (χ0v) is 22.4. The third kappa shape index (κ3) is 11.0. The van der Waals surface area contributed by atoms with Crippen molar-refractivity contribution < 1.29 is 4.74 Å². The van der Waals surface area contributed by atoms with Crippen molar-refractivity contribution in [2.75, 3.05) is 52.5 Å². The first kappa shape index (κ1) is 28.1. The van der Waals surface area contributed by atoms with Crippen molar-refractivity contribution in [3.05, 3.63) is 35.4 Å². The molecule has 31 heavy (non-hydrogen) atoms. The van der Waals surface area contributed by atoms with Crippen LogP contribution in [0.1, 0.15) is 51.7 Å². The van der Waals surface area contributed by atoms with Crippen LogP contribution in [0.3, 0.4) is 0 Å². The van der Waals surface area contributed by atoms with Crippen LogP contribution in [0.15, 0.2) is 29.3 Å². The van der Waals surface area contributed by atoms with E-state index in [1.807, 2.05) is 0 Å². The fraction of sp³-hybridized carbons (Fsp3) is 0.708. The van der Waals surface area contributed by atoms with Gasteiger partial charge in [-0.05, 0) is 57.5 Å². The van der Waals surface area contributed by atoms with Gasteiger partial charge in [0.15, 0.2) is 5.96 Å². The monoisotopic (exact) mass is 545 g/mol. The summed E-state index contributed by atoms with van der Waals surface area (Å²) in [6.07, 6.45) is 2.35. The zero-order valence-electron chi connectivity index (χ0n) is 20.0. The first-order valence-electron chi connectivity index (χ1n) is 11.8. The molecule has 178 valence electrons. The van der Waals surface area contributed by atoms with Crippen molar-refractivity contribution in [1.29, 1.82) is 0 Å². The van der Waals surface area contributed by atoms with Crippen LogP contribution >= 0.6 is 24.0 Å². The number of aliphatic imine (C=N–C) groups is 1. The Kier molecular flexibility index (Phi) is 15.2. The molecule has 2 rings (SSSR count). The quantitative estimate of drug-likeness (QED) is 0.239. The Morgan fingerprint density at radius 1 is 1.13 bits per heavy atom. The molecule has 1 aromatic rings. The molecule has 0 aromatic heterocycles.